The molecule has 0 saturated carbocycles. The topological polar surface area (TPSA) is 74.7 Å². The van der Waals surface area contributed by atoms with E-state index >= 15 is 0 Å². The van der Waals surface area contributed by atoms with Crippen LogP contribution in [0.25, 0.3) is 0 Å². The number of aromatic nitrogens is 1. The first kappa shape index (κ1) is 15.4. The summed E-state index contributed by atoms with van der Waals surface area (Å²) in [5.74, 6) is 0.562. The first-order valence-corrected chi connectivity index (χ1v) is 6.20. The molecule has 0 saturated heterocycles. The number of aliphatic hydroxyl groups is 1. The van der Waals surface area contributed by atoms with Crippen LogP contribution in [0.2, 0.25) is 0 Å². The van der Waals surface area contributed by atoms with Gasteiger partial charge in [-0.05, 0) is 19.1 Å². The van der Waals surface area contributed by atoms with Crippen molar-refractivity contribution < 1.29 is 14.6 Å². The van der Waals surface area contributed by atoms with Crippen LogP contribution in [0.3, 0.4) is 0 Å². The first-order valence-electron chi connectivity index (χ1n) is 6.20. The van der Waals surface area contributed by atoms with Crippen molar-refractivity contribution >= 4 is 11.7 Å². The molecule has 0 spiro atoms. The maximum atomic E-state index is 12.1. The van der Waals surface area contributed by atoms with E-state index in [2.05, 4.69) is 10.3 Å². The number of hydrogen-bond acceptors (Lipinski definition) is 5. The van der Waals surface area contributed by atoms with Crippen LogP contribution >= 0.6 is 0 Å². The fraction of sp³-hybridized carbons (Fsp3) is 0.538. The van der Waals surface area contributed by atoms with E-state index in [0.717, 1.165) is 12.4 Å². The molecular formula is C13H21N3O3. The number of likely N-dealkylation sites (N-methyl/N-ethyl adjacent to an activating group) is 1. The summed E-state index contributed by atoms with van der Waals surface area (Å²) >= 11 is 0. The van der Waals surface area contributed by atoms with E-state index in [4.69, 9.17) is 4.74 Å². The van der Waals surface area contributed by atoms with Gasteiger partial charge in [0.15, 0.2) is 0 Å². The van der Waals surface area contributed by atoms with E-state index in [1.807, 2.05) is 6.92 Å². The summed E-state index contributed by atoms with van der Waals surface area (Å²) in [6.07, 6.45) is 0.840. The van der Waals surface area contributed by atoms with Crippen molar-refractivity contribution in [1.29, 1.82) is 0 Å². The Labute approximate surface area is 113 Å². The minimum absolute atomic E-state index is 0.175. The lowest BCUT2D eigenvalue weighted by Gasteiger charge is -2.20. The monoisotopic (exact) mass is 267 g/mol. The number of pyridine rings is 1. The predicted molar refractivity (Wildman–Crippen MR) is 73.2 cm³/mol. The Bertz CT molecular complexity index is 395. The molecule has 1 atom stereocenters. The SMILES string of the molecule is CCNc1ccc(C(=O)N(C)CC(O)COC)cn1. The molecule has 2 N–H and O–H groups in total. The standard InChI is InChI=1S/C13H21N3O3/c1-4-14-12-6-5-10(7-15-12)13(18)16(2)8-11(17)9-19-3/h5-7,11,17H,4,8-9H2,1-3H3,(H,14,15). The summed E-state index contributed by atoms with van der Waals surface area (Å²) in [5.41, 5.74) is 0.494. The Morgan fingerprint density at radius 1 is 1.58 bits per heavy atom. The van der Waals surface area contributed by atoms with Crippen molar-refractivity contribution in [2.45, 2.75) is 13.0 Å². The highest BCUT2D eigenvalue weighted by molar-refractivity contribution is 5.93. The predicted octanol–water partition coefficient (Wildman–Crippen LogP) is 0.593. The van der Waals surface area contributed by atoms with Crippen LogP contribution in [0, 0.1) is 0 Å². The average molecular weight is 267 g/mol. The number of ether oxygens (including phenoxy) is 1. The van der Waals surface area contributed by atoms with Gasteiger partial charge in [-0.15, -0.1) is 0 Å². The van der Waals surface area contributed by atoms with Crippen molar-refractivity contribution in [2.75, 3.05) is 39.2 Å². The fourth-order valence-electron chi connectivity index (χ4n) is 1.67. The number of aliphatic hydroxyl groups excluding tert-OH is 1. The molecule has 1 aromatic rings. The summed E-state index contributed by atoms with van der Waals surface area (Å²) in [6, 6.07) is 3.47. The van der Waals surface area contributed by atoms with Crippen molar-refractivity contribution in [3.63, 3.8) is 0 Å². The average Bonchev–Trinajstić information content (AvgIpc) is 2.39. The zero-order valence-electron chi connectivity index (χ0n) is 11.6. The molecule has 6 heteroatoms. The molecular weight excluding hydrogens is 246 g/mol. The van der Waals surface area contributed by atoms with Gasteiger partial charge < -0.3 is 20.1 Å². The molecule has 0 fully saturated rings. The summed E-state index contributed by atoms with van der Waals surface area (Å²) in [7, 11) is 3.15. The molecule has 19 heavy (non-hydrogen) atoms. The lowest BCUT2D eigenvalue weighted by Crippen LogP contribution is -2.36. The van der Waals surface area contributed by atoms with Gasteiger partial charge in [-0.25, -0.2) is 4.98 Å². The number of amides is 1. The molecule has 1 rings (SSSR count). The number of hydrogen-bond donors (Lipinski definition) is 2. The maximum absolute atomic E-state index is 12.1. The van der Waals surface area contributed by atoms with E-state index in [1.54, 1.807) is 19.2 Å². The molecule has 0 aliphatic carbocycles. The number of nitrogens with zero attached hydrogens (tertiary/aromatic N) is 2. The van der Waals surface area contributed by atoms with Crippen molar-refractivity contribution in [3.8, 4) is 0 Å². The minimum Gasteiger partial charge on any atom is -0.389 e. The van der Waals surface area contributed by atoms with Crippen LogP contribution in [0.15, 0.2) is 18.3 Å². The second-order valence-electron chi connectivity index (χ2n) is 4.26. The van der Waals surface area contributed by atoms with Gasteiger partial charge in [-0.2, -0.15) is 0 Å². The van der Waals surface area contributed by atoms with E-state index in [1.165, 1.54) is 18.2 Å². The Morgan fingerprint density at radius 2 is 2.32 bits per heavy atom. The Hall–Kier alpha value is -1.66. The van der Waals surface area contributed by atoms with Gasteiger partial charge in [0, 0.05) is 33.4 Å². The second-order valence-corrected chi connectivity index (χ2v) is 4.26. The summed E-state index contributed by atoms with van der Waals surface area (Å²) in [6.45, 7) is 3.19. The molecule has 1 heterocycles. The van der Waals surface area contributed by atoms with Crippen LogP contribution in [0.1, 0.15) is 17.3 Å². The van der Waals surface area contributed by atoms with Crippen LogP contribution in [-0.4, -0.2) is 60.9 Å². The highest BCUT2D eigenvalue weighted by atomic mass is 16.5. The number of methoxy groups -OCH3 is 1. The van der Waals surface area contributed by atoms with Crippen LogP contribution in [0.5, 0.6) is 0 Å². The van der Waals surface area contributed by atoms with E-state index in [9.17, 15) is 9.90 Å². The lowest BCUT2D eigenvalue weighted by molar-refractivity contribution is 0.0380. The molecule has 106 valence electrons. The number of carbonyl (C=O) groups is 1. The molecule has 0 bridgehead atoms. The van der Waals surface area contributed by atoms with Crippen LogP contribution in [0.4, 0.5) is 5.82 Å². The number of carbonyl (C=O) groups excluding carboxylic acids is 1. The minimum atomic E-state index is -0.687. The first-order chi connectivity index (χ1) is 9.08. The summed E-state index contributed by atoms with van der Waals surface area (Å²) in [4.78, 5) is 17.7. The quantitative estimate of drug-likeness (QED) is 0.756. The van der Waals surface area contributed by atoms with Crippen molar-refractivity contribution in [3.05, 3.63) is 23.9 Å². The number of nitrogens with one attached hydrogen (secondary N) is 1. The Morgan fingerprint density at radius 3 is 2.84 bits per heavy atom. The largest absolute Gasteiger partial charge is 0.389 e. The highest BCUT2D eigenvalue weighted by Crippen LogP contribution is 2.07. The van der Waals surface area contributed by atoms with Gasteiger partial charge in [0.2, 0.25) is 0 Å². The molecule has 6 nitrogen and oxygen atoms in total. The third kappa shape index (κ3) is 4.84. The van der Waals surface area contributed by atoms with E-state index < -0.39 is 6.10 Å². The second kappa shape index (κ2) is 7.70. The summed E-state index contributed by atoms with van der Waals surface area (Å²) < 4.78 is 4.82. The number of anilines is 1. The van der Waals surface area contributed by atoms with Gasteiger partial charge in [-0.3, -0.25) is 4.79 Å². The Kier molecular flexibility index (Phi) is 6.24. The van der Waals surface area contributed by atoms with Crippen LogP contribution in [-0.2, 0) is 4.74 Å². The molecule has 0 aliphatic rings. The molecule has 0 radical (unpaired) electrons. The van der Waals surface area contributed by atoms with Gasteiger partial charge in [0.25, 0.3) is 5.91 Å². The normalized spacial score (nSPS) is 12.0. The lowest BCUT2D eigenvalue weighted by atomic mass is 10.2. The smallest absolute Gasteiger partial charge is 0.255 e. The van der Waals surface area contributed by atoms with E-state index in [-0.39, 0.29) is 19.1 Å². The zero-order chi connectivity index (χ0) is 14.3. The molecule has 1 unspecified atom stereocenters. The Balaban J connectivity index is 2.60. The summed E-state index contributed by atoms with van der Waals surface area (Å²) in [5, 5.41) is 12.6. The molecule has 1 amide bonds. The maximum Gasteiger partial charge on any atom is 0.255 e. The third-order valence-electron chi connectivity index (χ3n) is 2.56. The van der Waals surface area contributed by atoms with Gasteiger partial charge in [-0.1, -0.05) is 0 Å². The fourth-order valence-corrected chi connectivity index (χ4v) is 1.67. The molecule has 0 aliphatic heterocycles. The zero-order valence-corrected chi connectivity index (χ0v) is 11.6. The van der Waals surface area contributed by atoms with Crippen LogP contribution < -0.4 is 5.32 Å². The van der Waals surface area contributed by atoms with E-state index in [0.29, 0.717) is 5.56 Å². The van der Waals surface area contributed by atoms with Crippen molar-refractivity contribution in [1.82, 2.24) is 9.88 Å². The highest BCUT2D eigenvalue weighted by Gasteiger charge is 2.15. The van der Waals surface area contributed by atoms with Gasteiger partial charge >= 0.3 is 0 Å². The molecule has 0 aromatic carbocycles. The van der Waals surface area contributed by atoms with Gasteiger partial charge in [0.1, 0.15) is 5.82 Å². The van der Waals surface area contributed by atoms with Gasteiger partial charge in [0.05, 0.1) is 18.3 Å². The number of rotatable bonds is 7. The van der Waals surface area contributed by atoms with Crippen molar-refractivity contribution in [2.24, 2.45) is 0 Å². The third-order valence-corrected chi connectivity index (χ3v) is 2.56. The molecule has 1 aromatic heterocycles.